The predicted octanol–water partition coefficient (Wildman–Crippen LogP) is 2.52. The monoisotopic (exact) mass is 274 g/mol. The van der Waals surface area contributed by atoms with Gasteiger partial charge in [0.15, 0.2) is 0 Å². The molecule has 1 aromatic heterocycles. The maximum Gasteiger partial charge on any atom is 0.411 e. The number of nitrogens with zero attached hydrogens (tertiary/aromatic N) is 2. The van der Waals surface area contributed by atoms with E-state index in [0.717, 1.165) is 16.9 Å². The van der Waals surface area contributed by atoms with Gasteiger partial charge in [-0.1, -0.05) is 6.07 Å². The molecule has 0 aliphatic carbocycles. The number of benzene rings is 1. The third-order valence-electron chi connectivity index (χ3n) is 3.11. The van der Waals surface area contributed by atoms with Crippen molar-refractivity contribution in [2.75, 3.05) is 17.7 Å². The van der Waals surface area contributed by atoms with E-state index in [0.29, 0.717) is 12.2 Å². The Bertz CT molecular complexity index is 607. The molecule has 0 saturated heterocycles. The number of aromatic nitrogens is 2. The minimum absolute atomic E-state index is 0.481. The zero-order valence-corrected chi connectivity index (χ0v) is 11.8. The zero-order valence-electron chi connectivity index (χ0n) is 11.8. The van der Waals surface area contributed by atoms with Gasteiger partial charge in [0.1, 0.15) is 0 Å². The van der Waals surface area contributed by atoms with Crippen molar-refractivity contribution < 1.29 is 9.53 Å². The number of rotatable bonds is 4. The van der Waals surface area contributed by atoms with Crippen molar-refractivity contribution in [3.63, 3.8) is 0 Å². The highest BCUT2D eigenvalue weighted by Crippen LogP contribution is 2.17. The van der Waals surface area contributed by atoms with Gasteiger partial charge in [0, 0.05) is 36.2 Å². The Morgan fingerprint density at radius 2 is 2.15 bits per heavy atom. The van der Waals surface area contributed by atoms with Crippen molar-refractivity contribution in [2.24, 2.45) is 7.05 Å². The minimum Gasteiger partial charge on any atom is -0.453 e. The highest BCUT2D eigenvalue weighted by molar-refractivity contribution is 5.85. The van der Waals surface area contributed by atoms with E-state index >= 15 is 0 Å². The van der Waals surface area contributed by atoms with Crippen LogP contribution < -0.4 is 10.6 Å². The number of anilines is 2. The number of aryl methyl sites for hydroxylation is 1. The van der Waals surface area contributed by atoms with Crippen molar-refractivity contribution >= 4 is 17.5 Å². The van der Waals surface area contributed by atoms with E-state index in [2.05, 4.69) is 20.5 Å². The zero-order chi connectivity index (χ0) is 14.5. The van der Waals surface area contributed by atoms with Gasteiger partial charge in [0.25, 0.3) is 0 Å². The molecule has 0 bridgehead atoms. The van der Waals surface area contributed by atoms with E-state index < -0.39 is 6.09 Å². The normalized spacial score (nSPS) is 10.2. The molecule has 2 aromatic rings. The molecule has 1 amide bonds. The number of methoxy groups -OCH3 is 1. The fourth-order valence-electron chi connectivity index (χ4n) is 1.79. The van der Waals surface area contributed by atoms with Gasteiger partial charge in [0.2, 0.25) is 0 Å². The molecule has 6 nitrogen and oxygen atoms in total. The van der Waals surface area contributed by atoms with Crippen LogP contribution in [-0.4, -0.2) is 23.0 Å². The number of hydrogen-bond acceptors (Lipinski definition) is 4. The molecule has 2 N–H and O–H groups in total. The summed E-state index contributed by atoms with van der Waals surface area (Å²) in [5.41, 5.74) is 3.87. The van der Waals surface area contributed by atoms with Gasteiger partial charge >= 0.3 is 6.09 Å². The number of nitrogens with one attached hydrogen (secondary N) is 2. The first-order valence-electron chi connectivity index (χ1n) is 6.26. The van der Waals surface area contributed by atoms with Crippen LogP contribution in [0.3, 0.4) is 0 Å². The second-order valence-corrected chi connectivity index (χ2v) is 4.43. The Hall–Kier alpha value is -2.50. The summed E-state index contributed by atoms with van der Waals surface area (Å²) in [5, 5.41) is 10.1. The predicted molar refractivity (Wildman–Crippen MR) is 77.7 cm³/mol. The maximum absolute atomic E-state index is 11.2. The van der Waals surface area contributed by atoms with E-state index in [1.807, 2.05) is 43.0 Å². The number of carbonyl (C=O) groups excluding carboxylic acids is 1. The first-order valence-corrected chi connectivity index (χ1v) is 6.26. The third-order valence-corrected chi connectivity index (χ3v) is 3.11. The lowest BCUT2D eigenvalue weighted by Crippen LogP contribution is -2.11. The Labute approximate surface area is 117 Å². The lowest BCUT2D eigenvalue weighted by molar-refractivity contribution is 0.187. The summed E-state index contributed by atoms with van der Waals surface area (Å²) in [5.74, 6) is 0. The number of hydrogen-bond donors (Lipinski definition) is 2. The summed E-state index contributed by atoms with van der Waals surface area (Å²) in [4.78, 5) is 11.2. The number of carbonyl (C=O) groups is 1. The Morgan fingerprint density at radius 3 is 2.80 bits per heavy atom. The molecule has 0 spiro atoms. The van der Waals surface area contributed by atoms with Gasteiger partial charge in [-0.25, -0.2) is 4.79 Å². The summed E-state index contributed by atoms with van der Waals surface area (Å²) in [7, 11) is 3.25. The second kappa shape index (κ2) is 6.10. The quantitative estimate of drug-likeness (QED) is 0.899. The third kappa shape index (κ3) is 3.28. The van der Waals surface area contributed by atoms with Crippen LogP contribution in [0.25, 0.3) is 0 Å². The van der Waals surface area contributed by atoms with E-state index in [-0.39, 0.29) is 0 Å². The van der Waals surface area contributed by atoms with Crippen LogP contribution in [0.4, 0.5) is 16.2 Å². The molecular weight excluding hydrogens is 256 g/mol. The molecule has 0 unspecified atom stereocenters. The Kier molecular flexibility index (Phi) is 4.24. The van der Waals surface area contributed by atoms with Gasteiger partial charge < -0.3 is 10.1 Å². The molecule has 0 atom stereocenters. The van der Waals surface area contributed by atoms with E-state index in [9.17, 15) is 4.79 Å². The molecule has 2 rings (SSSR count). The van der Waals surface area contributed by atoms with Crippen LogP contribution in [0.5, 0.6) is 0 Å². The molecule has 0 saturated carbocycles. The van der Waals surface area contributed by atoms with Gasteiger partial charge in [-0.15, -0.1) is 0 Å². The number of amides is 1. The molecule has 6 heteroatoms. The highest BCUT2D eigenvalue weighted by Gasteiger charge is 2.04. The Balaban J connectivity index is 2.01. The van der Waals surface area contributed by atoms with Crippen LogP contribution >= 0.6 is 0 Å². The SMILES string of the molecule is COC(=O)Nc1cccc(NCc2cnn(C)c2C)c1. The summed E-state index contributed by atoms with van der Waals surface area (Å²) >= 11 is 0. The van der Waals surface area contributed by atoms with E-state index in [1.165, 1.54) is 7.11 Å². The van der Waals surface area contributed by atoms with E-state index in [1.54, 1.807) is 6.07 Å². The fourth-order valence-corrected chi connectivity index (χ4v) is 1.79. The molecule has 20 heavy (non-hydrogen) atoms. The molecule has 1 aromatic carbocycles. The maximum atomic E-state index is 11.2. The summed E-state index contributed by atoms with van der Waals surface area (Å²) in [6.07, 6.45) is 1.36. The summed E-state index contributed by atoms with van der Waals surface area (Å²) in [6.45, 7) is 2.71. The van der Waals surface area contributed by atoms with Gasteiger partial charge in [0.05, 0.1) is 13.3 Å². The molecule has 0 aliphatic rings. The van der Waals surface area contributed by atoms with Crippen LogP contribution in [0.2, 0.25) is 0 Å². The summed E-state index contributed by atoms with van der Waals surface area (Å²) in [6, 6.07) is 7.46. The average molecular weight is 274 g/mol. The van der Waals surface area contributed by atoms with Crippen LogP contribution in [-0.2, 0) is 18.3 Å². The topological polar surface area (TPSA) is 68.2 Å². The lowest BCUT2D eigenvalue weighted by Gasteiger charge is -2.09. The van der Waals surface area contributed by atoms with Crippen LogP contribution in [0, 0.1) is 6.92 Å². The van der Waals surface area contributed by atoms with Crippen LogP contribution in [0.15, 0.2) is 30.5 Å². The van der Waals surface area contributed by atoms with Crippen molar-refractivity contribution in [3.8, 4) is 0 Å². The van der Waals surface area contributed by atoms with Crippen molar-refractivity contribution in [3.05, 3.63) is 41.7 Å². The lowest BCUT2D eigenvalue weighted by atomic mass is 10.2. The summed E-state index contributed by atoms with van der Waals surface area (Å²) < 4.78 is 6.40. The fraction of sp³-hybridized carbons (Fsp3) is 0.286. The van der Waals surface area contributed by atoms with Gasteiger partial charge in [-0.3, -0.25) is 10.00 Å². The van der Waals surface area contributed by atoms with Crippen molar-refractivity contribution in [1.29, 1.82) is 0 Å². The second-order valence-electron chi connectivity index (χ2n) is 4.43. The van der Waals surface area contributed by atoms with E-state index in [4.69, 9.17) is 0 Å². The Morgan fingerprint density at radius 1 is 1.40 bits per heavy atom. The van der Waals surface area contributed by atoms with Crippen molar-refractivity contribution in [2.45, 2.75) is 13.5 Å². The molecule has 1 heterocycles. The van der Waals surface area contributed by atoms with Crippen molar-refractivity contribution in [1.82, 2.24) is 9.78 Å². The largest absolute Gasteiger partial charge is 0.453 e. The van der Waals surface area contributed by atoms with Gasteiger partial charge in [-0.05, 0) is 25.1 Å². The molecule has 0 fully saturated rings. The highest BCUT2D eigenvalue weighted by atomic mass is 16.5. The van der Waals surface area contributed by atoms with Crippen LogP contribution in [0.1, 0.15) is 11.3 Å². The van der Waals surface area contributed by atoms with Gasteiger partial charge in [-0.2, -0.15) is 5.10 Å². The first kappa shape index (κ1) is 13.9. The number of ether oxygens (including phenoxy) is 1. The average Bonchev–Trinajstić information content (AvgIpc) is 2.77. The molecular formula is C14H18N4O2. The molecule has 0 radical (unpaired) electrons. The smallest absolute Gasteiger partial charge is 0.411 e. The molecule has 106 valence electrons. The first-order chi connectivity index (χ1) is 9.60. The standard InChI is InChI=1S/C14H18N4O2/c1-10-11(9-16-18(10)2)8-15-12-5-4-6-13(7-12)17-14(19)20-3/h4-7,9,15H,8H2,1-3H3,(H,17,19). The minimum atomic E-state index is -0.481. The molecule has 0 aliphatic heterocycles.